The Hall–Kier alpha value is -2.76. The summed E-state index contributed by atoms with van der Waals surface area (Å²) in [7, 11) is -3.66. The monoisotopic (exact) mass is 429 g/mol. The van der Waals surface area contributed by atoms with E-state index in [1.165, 1.54) is 40.7 Å². The van der Waals surface area contributed by atoms with Crippen molar-refractivity contribution in [3.8, 4) is 6.07 Å². The number of hydrogen-bond donors (Lipinski definition) is 0. The van der Waals surface area contributed by atoms with Crippen LogP contribution in [-0.4, -0.2) is 43.2 Å². The third-order valence-corrected chi connectivity index (χ3v) is 7.29. The van der Waals surface area contributed by atoms with Crippen molar-refractivity contribution in [2.45, 2.75) is 31.2 Å². The first kappa shape index (κ1) is 21.9. The van der Waals surface area contributed by atoms with Crippen LogP contribution in [-0.2, 0) is 21.4 Å². The average molecular weight is 430 g/mol. The van der Waals surface area contributed by atoms with Crippen molar-refractivity contribution in [3.63, 3.8) is 0 Å². The Labute approximate surface area is 176 Å². The Morgan fingerprint density at radius 2 is 1.87 bits per heavy atom. The average Bonchev–Trinajstić information content (AvgIpc) is 2.77. The molecule has 0 atom stereocenters. The predicted molar refractivity (Wildman–Crippen MR) is 110 cm³/mol. The van der Waals surface area contributed by atoms with Crippen molar-refractivity contribution in [2.24, 2.45) is 5.92 Å². The van der Waals surface area contributed by atoms with Crippen LogP contribution in [0.2, 0.25) is 0 Å². The number of carbonyl (C=O) groups is 1. The Morgan fingerprint density at radius 3 is 2.43 bits per heavy atom. The van der Waals surface area contributed by atoms with Gasteiger partial charge in [0.2, 0.25) is 15.9 Å². The molecule has 0 N–H and O–H groups in total. The van der Waals surface area contributed by atoms with Crippen molar-refractivity contribution < 1.29 is 17.6 Å². The van der Waals surface area contributed by atoms with E-state index in [9.17, 15) is 17.6 Å². The molecular formula is C22H24FN3O3S. The molecule has 1 saturated heterocycles. The fraction of sp³-hybridized carbons (Fsp3) is 0.364. The fourth-order valence-electron chi connectivity index (χ4n) is 3.65. The summed E-state index contributed by atoms with van der Waals surface area (Å²) in [5.41, 5.74) is 1.13. The number of piperidine rings is 1. The highest BCUT2D eigenvalue weighted by molar-refractivity contribution is 7.89. The lowest BCUT2D eigenvalue weighted by atomic mass is 9.96. The maximum Gasteiger partial charge on any atom is 0.243 e. The van der Waals surface area contributed by atoms with Crippen molar-refractivity contribution in [3.05, 3.63) is 65.5 Å². The number of rotatable bonds is 6. The van der Waals surface area contributed by atoms with Gasteiger partial charge in [0, 0.05) is 32.1 Å². The molecule has 0 radical (unpaired) electrons. The number of sulfonamides is 1. The van der Waals surface area contributed by atoms with Gasteiger partial charge < -0.3 is 4.90 Å². The van der Waals surface area contributed by atoms with Crippen molar-refractivity contribution in [2.75, 3.05) is 19.6 Å². The lowest BCUT2D eigenvalue weighted by Gasteiger charge is -2.33. The quantitative estimate of drug-likeness (QED) is 0.706. The van der Waals surface area contributed by atoms with Gasteiger partial charge in [0.05, 0.1) is 16.5 Å². The topological polar surface area (TPSA) is 81.5 Å². The molecule has 8 heteroatoms. The van der Waals surface area contributed by atoms with Gasteiger partial charge in [0.25, 0.3) is 0 Å². The summed E-state index contributed by atoms with van der Waals surface area (Å²) >= 11 is 0. The molecule has 0 unspecified atom stereocenters. The van der Waals surface area contributed by atoms with E-state index in [2.05, 4.69) is 0 Å². The van der Waals surface area contributed by atoms with E-state index in [1.54, 1.807) is 17.0 Å². The highest BCUT2D eigenvalue weighted by Crippen LogP contribution is 2.26. The molecule has 3 rings (SSSR count). The SMILES string of the molecule is CCN(Cc1cccc(F)c1)C(=O)C1CCN(S(=O)(=O)c2ccc(C#N)cc2)CC1. The summed E-state index contributed by atoms with van der Waals surface area (Å²) in [6.45, 7) is 3.23. The molecule has 1 aliphatic rings. The van der Waals surface area contributed by atoms with Gasteiger partial charge in [0.1, 0.15) is 5.82 Å². The Balaban J connectivity index is 1.63. The zero-order valence-corrected chi connectivity index (χ0v) is 17.6. The second kappa shape index (κ2) is 9.37. The molecule has 6 nitrogen and oxygen atoms in total. The molecule has 0 bridgehead atoms. The Bertz CT molecular complexity index is 1040. The number of halogens is 1. The first-order valence-electron chi connectivity index (χ1n) is 9.88. The van der Waals surface area contributed by atoms with Gasteiger partial charge in [0.15, 0.2) is 0 Å². The standard InChI is InChI=1S/C22H24FN3O3S/c1-2-25(16-18-4-3-5-20(23)14-18)22(27)19-10-12-26(13-11-19)30(28,29)21-8-6-17(15-24)7-9-21/h3-9,14,19H,2,10-13,16H2,1H3. The van der Waals surface area contributed by atoms with Crippen LogP contribution < -0.4 is 0 Å². The van der Waals surface area contributed by atoms with Crippen LogP contribution >= 0.6 is 0 Å². The van der Waals surface area contributed by atoms with E-state index >= 15 is 0 Å². The van der Waals surface area contributed by atoms with E-state index in [0.29, 0.717) is 31.5 Å². The number of amides is 1. The molecule has 1 aliphatic heterocycles. The maximum atomic E-state index is 13.4. The van der Waals surface area contributed by atoms with E-state index in [4.69, 9.17) is 5.26 Å². The second-order valence-electron chi connectivity index (χ2n) is 7.30. The maximum absolute atomic E-state index is 13.4. The van der Waals surface area contributed by atoms with E-state index < -0.39 is 10.0 Å². The van der Waals surface area contributed by atoms with Crippen LogP contribution in [0.15, 0.2) is 53.4 Å². The third kappa shape index (κ3) is 4.86. The highest BCUT2D eigenvalue weighted by Gasteiger charge is 2.33. The summed E-state index contributed by atoms with van der Waals surface area (Å²) in [4.78, 5) is 14.8. The molecule has 1 heterocycles. The summed E-state index contributed by atoms with van der Waals surface area (Å²) < 4.78 is 40.5. The number of carbonyl (C=O) groups excluding carboxylic acids is 1. The Morgan fingerprint density at radius 1 is 1.20 bits per heavy atom. The van der Waals surface area contributed by atoms with Crippen molar-refractivity contribution in [1.29, 1.82) is 5.26 Å². The number of nitrogens with zero attached hydrogens (tertiary/aromatic N) is 3. The van der Waals surface area contributed by atoms with E-state index in [1.807, 2.05) is 13.0 Å². The lowest BCUT2D eigenvalue weighted by Crippen LogP contribution is -2.44. The molecule has 30 heavy (non-hydrogen) atoms. The summed E-state index contributed by atoms with van der Waals surface area (Å²) in [6.07, 6.45) is 0.877. The van der Waals surface area contributed by atoms with Crippen LogP contribution in [0.3, 0.4) is 0 Å². The van der Waals surface area contributed by atoms with Gasteiger partial charge in [-0.05, 0) is 61.7 Å². The summed E-state index contributed by atoms with van der Waals surface area (Å²) in [6, 6.07) is 14.0. The van der Waals surface area contributed by atoms with Gasteiger partial charge in [-0.2, -0.15) is 9.57 Å². The van der Waals surface area contributed by atoms with Crippen LogP contribution in [0.4, 0.5) is 4.39 Å². The lowest BCUT2D eigenvalue weighted by molar-refractivity contribution is -0.137. The molecule has 0 aromatic heterocycles. The Kier molecular flexibility index (Phi) is 6.85. The normalized spacial score (nSPS) is 15.5. The molecule has 2 aromatic carbocycles. The minimum absolute atomic E-state index is 0.0304. The summed E-state index contributed by atoms with van der Waals surface area (Å²) in [5.74, 6) is -0.625. The zero-order valence-electron chi connectivity index (χ0n) is 16.8. The summed E-state index contributed by atoms with van der Waals surface area (Å²) in [5, 5.41) is 8.87. The number of benzene rings is 2. The first-order chi connectivity index (χ1) is 14.3. The van der Waals surface area contributed by atoms with Gasteiger partial charge in [-0.25, -0.2) is 12.8 Å². The van der Waals surface area contributed by atoms with E-state index in [0.717, 1.165) is 5.56 Å². The largest absolute Gasteiger partial charge is 0.338 e. The number of hydrogen-bond acceptors (Lipinski definition) is 4. The van der Waals surface area contributed by atoms with Crippen molar-refractivity contribution in [1.82, 2.24) is 9.21 Å². The minimum Gasteiger partial charge on any atom is -0.338 e. The molecule has 2 aromatic rings. The van der Waals surface area contributed by atoms with E-state index in [-0.39, 0.29) is 35.6 Å². The van der Waals surface area contributed by atoms with Gasteiger partial charge >= 0.3 is 0 Å². The highest BCUT2D eigenvalue weighted by atomic mass is 32.2. The molecule has 0 saturated carbocycles. The molecule has 0 aliphatic carbocycles. The molecule has 1 fully saturated rings. The van der Waals surface area contributed by atoms with Crippen LogP contribution in [0.1, 0.15) is 30.9 Å². The van der Waals surface area contributed by atoms with Crippen molar-refractivity contribution >= 4 is 15.9 Å². The zero-order chi connectivity index (χ0) is 21.7. The van der Waals surface area contributed by atoms with Gasteiger partial charge in [-0.15, -0.1) is 0 Å². The number of nitriles is 1. The van der Waals surface area contributed by atoms with Gasteiger partial charge in [-0.3, -0.25) is 4.79 Å². The third-order valence-electron chi connectivity index (χ3n) is 5.38. The smallest absolute Gasteiger partial charge is 0.243 e. The molecule has 0 spiro atoms. The molecule has 1 amide bonds. The first-order valence-corrected chi connectivity index (χ1v) is 11.3. The fourth-order valence-corrected chi connectivity index (χ4v) is 5.12. The molecule has 158 valence electrons. The predicted octanol–water partition coefficient (Wildman–Crippen LogP) is 3.15. The van der Waals surface area contributed by atoms with Gasteiger partial charge in [-0.1, -0.05) is 12.1 Å². The second-order valence-corrected chi connectivity index (χ2v) is 9.23. The molecular weight excluding hydrogens is 405 g/mol. The van der Waals surface area contributed by atoms with Crippen LogP contribution in [0.5, 0.6) is 0 Å². The van der Waals surface area contributed by atoms with Crippen LogP contribution in [0.25, 0.3) is 0 Å². The minimum atomic E-state index is -3.66. The van der Waals surface area contributed by atoms with Crippen LogP contribution in [0, 0.1) is 23.1 Å².